The first-order valence-electron chi connectivity index (χ1n) is 7.15. The van der Waals surface area contributed by atoms with E-state index in [0.29, 0.717) is 0 Å². The summed E-state index contributed by atoms with van der Waals surface area (Å²) in [6.07, 6.45) is 1.05. The van der Waals surface area contributed by atoms with Crippen molar-refractivity contribution in [2.24, 2.45) is 0 Å². The van der Waals surface area contributed by atoms with Crippen LogP contribution in [0.5, 0.6) is 0 Å². The van der Waals surface area contributed by atoms with Gasteiger partial charge in [-0.1, -0.05) is 43.3 Å². The van der Waals surface area contributed by atoms with Crippen molar-refractivity contribution in [2.45, 2.75) is 40.3 Å². The van der Waals surface area contributed by atoms with Crippen molar-refractivity contribution in [3.05, 3.63) is 70.0 Å². The summed E-state index contributed by atoms with van der Waals surface area (Å²) < 4.78 is 13.6. The Kier molecular flexibility index (Phi) is 4.91. The van der Waals surface area contributed by atoms with Crippen LogP contribution in [0.1, 0.15) is 34.7 Å². The second kappa shape index (κ2) is 6.67. The molecule has 0 aliphatic rings. The van der Waals surface area contributed by atoms with E-state index in [1.165, 1.54) is 11.1 Å². The molecule has 0 heterocycles. The van der Waals surface area contributed by atoms with Crippen LogP contribution in [0.3, 0.4) is 0 Å². The minimum Gasteiger partial charge on any atom is -0.309 e. The molecule has 106 valence electrons. The summed E-state index contributed by atoms with van der Waals surface area (Å²) in [5.41, 5.74) is 5.29. The van der Waals surface area contributed by atoms with E-state index in [1.807, 2.05) is 26.0 Å². The largest absolute Gasteiger partial charge is 0.309 e. The van der Waals surface area contributed by atoms with Crippen molar-refractivity contribution in [1.82, 2.24) is 5.32 Å². The highest BCUT2D eigenvalue weighted by Gasteiger charge is 2.04. The molecule has 2 aromatic rings. The number of hydrogen-bond donors (Lipinski definition) is 1. The van der Waals surface area contributed by atoms with Gasteiger partial charge in [0.15, 0.2) is 0 Å². The fraction of sp³-hybridized carbons (Fsp3) is 0.333. The maximum atomic E-state index is 13.6. The standard InChI is InChI=1S/C18H22FN/c1-4-16-7-5-6-8-17(16)12-20-11-15-9-13(2)18(19)14(3)10-15/h5-10,20H,4,11-12H2,1-3H3. The highest BCUT2D eigenvalue weighted by molar-refractivity contribution is 5.31. The first-order valence-corrected chi connectivity index (χ1v) is 7.15. The Hall–Kier alpha value is -1.67. The Morgan fingerprint density at radius 2 is 1.55 bits per heavy atom. The van der Waals surface area contributed by atoms with Crippen LogP contribution >= 0.6 is 0 Å². The van der Waals surface area contributed by atoms with Crippen molar-refractivity contribution in [3.63, 3.8) is 0 Å². The van der Waals surface area contributed by atoms with Gasteiger partial charge in [-0.05, 0) is 48.1 Å². The zero-order valence-electron chi connectivity index (χ0n) is 12.5. The third-order valence-electron chi connectivity index (χ3n) is 3.64. The molecule has 0 atom stereocenters. The van der Waals surface area contributed by atoms with Crippen LogP contribution in [0, 0.1) is 19.7 Å². The van der Waals surface area contributed by atoms with E-state index in [-0.39, 0.29) is 5.82 Å². The predicted octanol–water partition coefficient (Wildman–Crippen LogP) is 4.29. The van der Waals surface area contributed by atoms with E-state index in [1.54, 1.807) is 0 Å². The molecule has 20 heavy (non-hydrogen) atoms. The first-order chi connectivity index (χ1) is 9.61. The SMILES string of the molecule is CCc1ccccc1CNCc1cc(C)c(F)c(C)c1. The van der Waals surface area contributed by atoms with Crippen LogP contribution in [0.25, 0.3) is 0 Å². The van der Waals surface area contributed by atoms with Crippen LogP contribution in [0.2, 0.25) is 0 Å². The van der Waals surface area contributed by atoms with Gasteiger partial charge in [0.05, 0.1) is 0 Å². The van der Waals surface area contributed by atoms with Gasteiger partial charge in [-0.2, -0.15) is 0 Å². The van der Waals surface area contributed by atoms with Gasteiger partial charge >= 0.3 is 0 Å². The van der Waals surface area contributed by atoms with Gasteiger partial charge in [0.1, 0.15) is 5.82 Å². The third-order valence-corrected chi connectivity index (χ3v) is 3.64. The molecule has 1 N–H and O–H groups in total. The molecule has 0 aliphatic heterocycles. The molecule has 0 aromatic heterocycles. The second-order valence-corrected chi connectivity index (χ2v) is 5.27. The zero-order chi connectivity index (χ0) is 14.5. The maximum absolute atomic E-state index is 13.6. The van der Waals surface area contributed by atoms with Crippen molar-refractivity contribution in [1.29, 1.82) is 0 Å². The minimum absolute atomic E-state index is 0.0925. The monoisotopic (exact) mass is 271 g/mol. The lowest BCUT2D eigenvalue weighted by Gasteiger charge is -2.11. The quantitative estimate of drug-likeness (QED) is 0.855. The van der Waals surface area contributed by atoms with Crippen LogP contribution < -0.4 is 5.32 Å². The number of hydrogen-bond acceptors (Lipinski definition) is 1. The Balaban J connectivity index is 1.99. The molecule has 2 aromatic carbocycles. The number of aryl methyl sites for hydroxylation is 3. The van der Waals surface area contributed by atoms with Crippen LogP contribution in [0.4, 0.5) is 4.39 Å². The average Bonchev–Trinajstić information content (AvgIpc) is 2.45. The Morgan fingerprint density at radius 3 is 2.15 bits per heavy atom. The molecule has 0 aliphatic carbocycles. The summed E-state index contributed by atoms with van der Waals surface area (Å²) in [7, 11) is 0. The summed E-state index contributed by atoms with van der Waals surface area (Å²) in [4.78, 5) is 0. The average molecular weight is 271 g/mol. The lowest BCUT2D eigenvalue weighted by atomic mass is 10.0. The van der Waals surface area contributed by atoms with Gasteiger partial charge in [0, 0.05) is 13.1 Å². The summed E-state index contributed by atoms with van der Waals surface area (Å²) in [6, 6.07) is 12.3. The molecule has 0 bridgehead atoms. The highest BCUT2D eigenvalue weighted by Crippen LogP contribution is 2.15. The molecule has 1 nitrogen and oxygen atoms in total. The summed E-state index contributed by atoms with van der Waals surface area (Å²) >= 11 is 0. The highest BCUT2D eigenvalue weighted by atomic mass is 19.1. The number of nitrogens with one attached hydrogen (secondary N) is 1. The molecule has 0 spiro atoms. The van der Waals surface area contributed by atoms with Crippen molar-refractivity contribution in [3.8, 4) is 0 Å². The Labute approximate surface area is 120 Å². The summed E-state index contributed by atoms with van der Waals surface area (Å²) in [6.45, 7) is 7.42. The van der Waals surface area contributed by atoms with Crippen LogP contribution in [-0.4, -0.2) is 0 Å². The van der Waals surface area contributed by atoms with E-state index in [4.69, 9.17) is 0 Å². The molecule has 2 rings (SSSR count). The molecule has 0 fully saturated rings. The summed E-state index contributed by atoms with van der Waals surface area (Å²) in [5, 5.41) is 3.44. The minimum atomic E-state index is -0.0925. The first kappa shape index (κ1) is 14.7. The predicted molar refractivity (Wildman–Crippen MR) is 82.2 cm³/mol. The van der Waals surface area contributed by atoms with E-state index in [0.717, 1.165) is 36.2 Å². The zero-order valence-corrected chi connectivity index (χ0v) is 12.5. The van der Waals surface area contributed by atoms with Crippen molar-refractivity contribution < 1.29 is 4.39 Å². The number of benzene rings is 2. The maximum Gasteiger partial charge on any atom is 0.129 e. The fourth-order valence-corrected chi connectivity index (χ4v) is 2.55. The Bertz CT molecular complexity index is 567. The van der Waals surface area contributed by atoms with Crippen molar-refractivity contribution in [2.75, 3.05) is 0 Å². The van der Waals surface area contributed by atoms with E-state index >= 15 is 0 Å². The molecular weight excluding hydrogens is 249 g/mol. The Morgan fingerprint density at radius 1 is 0.950 bits per heavy atom. The normalized spacial score (nSPS) is 10.8. The molecule has 0 amide bonds. The smallest absolute Gasteiger partial charge is 0.129 e. The van der Waals surface area contributed by atoms with Crippen LogP contribution in [0.15, 0.2) is 36.4 Å². The summed E-state index contributed by atoms with van der Waals surface area (Å²) in [5.74, 6) is -0.0925. The second-order valence-electron chi connectivity index (χ2n) is 5.27. The molecule has 0 radical (unpaired) electrons. The fourth-order valence-electron chi connectivity index (χ4n) is 2.55. The van der Waals surface area contributed by atoms with Gasteiger partial charge in [-0.25, -0.2) is 4.39 Å². The molecule has 2 heteroatoms. The molecular formula is C18H22FN. The van der Waals surface area contributed by atoms with Gasteiger partial charge in [-0.15, -0.1) is 0 Å². The molecule has 0 saturated carbocycles. The van der Waals surface area contributed by atoms with Gasteiger partial charge in [0.25, 0.3) is 0 Å². The van der Waals surface area contributed by atoms with Gasteiger partial charge in [0.2, 0.25) is 0 Å². The van der Waals surface area contributed by atoms with E-state index < -0.39 is 0 Å². The topological polar surface area (TPSA) is 12.0 Å². The number of halogens is 1. The lowest BCUT2D eigenvalue weighted by Crippen LogP contribution is -2.14. The van der Waals surface area contributed by atoms with E-state index in [2.05, 4.69) is 36.5 Å². The van der Waals surface area contributed by atoms with Crippen LogP contribution in [-0.2, 0) is 19.5 Å². The third kappa shape index (κ3) is 3.45. The van der Waals surface area contributed by atoms with E-state index in [9.17, 15) is 4.39 Å². The van der Waals surface area contributed by atoms with Crippen molar-refractivity contribution >= 4 is 0 Å². The number of rotatable bonds is 5. The molecule has 0 unspecified atom stereocenters. The molecule has 0 saturated heterocycles. The van der Waals surface area contributed by atoms with Gasteiger partial charge in [-0.3, -0.25) is 0 Å². The van der Waals surface area contributed by atoms with Gasteiger partial charge < -0.3 is 5.32 Å². The lowest BCUT2D eigenvalue weighted by molar-refractivity contribution is 0.606.